The van der Waals surface area contributed by atoms with Gasteiger partial charge < -0.3 is 5.11 Å². The Hall–Kier alpha value is -2.84. The van der Waals surface area contributed by atoms with Crippen molar-refractivity contribution in [1.82, 2.24) is 4.98 Å². The van der Waals surface area contributed by atoms with E-state index >= 15 is 0 Å². The highest BCUT2D eigenvalue weighted by Crippen LogP contribution is 2.43. The molecule has 0 radical (unpaired) electrons. The summed E-state index contributed by atoms with van der Waals surface area (Å²) >= 11 is 2.36. The molecule has 26 heavy (non-hydrogen) atoms. The quantitative estimate of drug-likeness (QED) is 0.685. The Bertz CT molecular complexity index is 1010. The number of nitrogens with zero attached hydrogens (tertiary/aromatic N) is 2. The number of aliphatic hydroxyl groups excluding tert-OH is 1. The Balaban J connectivity index is 1.91. The fraction of sp³-hybridized carbons (Fsp3) is 0.0556. The van der Waals surface area contributed by atoms with E-state index < -0.39 is 29.3 Å². The lowest BCUT2D eigenvalue weighted by Gasteiger charge is -2.24. The maximum Gasteiger partial charge on any atom is 0.296 e. The lowest BCUT2D eigenvalue weighted by atomic mass is 9.95. The molecule has 0 fully saturated rings. The number of thiazole rings is 1. The molecule has 3 aromatic rings. The predicted octanol–water partition coefficient (Wildman–Crippen LogP) is 4.13. The van der Waals surface area contributed by atoms with Crippen molar-refractivity contribution in [2.24, 2.45) is 0 Å². The largest absolute Gasteiger partial charge is 0.503 e. The SMILES string of the molecule is O=C(C1=C(O)C(=O)N(c2nccs2)[C@@H]1c1ccccc1F)c1cccs1. The molecule has 3 heterocycles. The number of carbonyl (C=O) groups excluding carboxylic acids is 2. The van der Waals surface area contributed by atoms with Crippen LogP contribution in [0.1, 0.15) is 21.3 Å². The first-order chi connectivity index (χ1) is 12.6. The summed E-state index contributed by atoms with van der Waals surface area (Å²) in [7, 11) is 0. The summed E-state index contributed by atoms with van der Waals surface area (Å²) in [6.45, 7) is 0. The molecule has 1 amide bonds. The van der Waals surface area contributed by atoms with Crippen molar-refractivity contribution in [2.45, 2.75) is 6.04 Å². The molecule has 5 nitrogen and oxygen atoms in total. The first kappa shape index (κ1) is 16.6. The highest BCUT2D eigenvalue weighted by Gasteiger charge is 2.46. The molecule has 0 unspecified atom stereocenters. The maximum absolute atomic E-state index is 14.5. The second kappa shape index (κ2) is 6.47. The van der Waals surface area contributed by atoms with Gasteiger partial charge in [-0.05, 0) is 17.5 Å². The van der Waals surface area contributed by atoms with Crippen molar-refractivity contribution in [3.05, 3.63) is 80.9 Å². The van der Waals surface area contributed by atoms with Gasteiger partial charge >= 0.3 is 0 Å². The number of rotatable bonds is 4. The molecule has 0 bridgehead atoms. The third-order valence-electron chi connectivity index (χ3n) is 4.02. The Labute approximate surface area is 155 Å². The minimum atomic E-state index is -1.08. The summed E-state index contributed by atoms with van der Waals surface area (Å²) in [4.78, 5) is 31.3. The van der Waals surface area contributed by atoms with Gasteiger partial charge in [0.05, 0.1) is 10.5 Å². The van der Waals surface area contributed by atoms with E-state index in [1.165, 1.54) is 52.0 Å². The molecule has 0 saturated heterocycles. The number of benzene rings is 1. The van der Waals surface area contributed by atoms with Crippen LogP contribution in [0.25, 0.3) is 0 Å². The standard InChI is InChI=1S/C18H11FN2O3S2/c19-11-5-2-1-4-10(11)14-13(15(22)12-6-3-8-25-12)16(23)17(24)21(14)18-20-7-9-26-18/h1-9,14,23H/t14-/m1/s1. The number of Topliss-reactive ketones (excluding diaryl/α,β-unsaturated/α-hetero) is 1. The molecule has 130 valence electrons. The molecule has 0 aliphatic carbocycles. The highest BCUT2D eigenvalue weighted by atomic mass is 32.1. The monoisotopic (exact) mass is 386 g/mol. The number of carbonyl (C=O) groups is 2. The molecule has 1 aromatic carbocycles. The van der Waals surface area contributed by atoms with Gasteiger partial charge in [-0.15, -0.1) is 22.7 Å². The highest BCUT2D eigenvalue weighted by molar-refractivity contribution is 7.14. The molecule has 8 heteroatoms. The average Bonchev–Trinajstić information content (AvgIpc) is 3.37. The van der Waals surface area contributed by atoms with Gasteiger partial charge in [0.25, 0.3) is 5.91 Å². The van der Waals surface area contributed by atoms with Crippen LogP contribution in [-0.4, -0.2) is 21.8 Å². The van der Waals surface area contributed by atoms with Gasteiger partial charge in [0.15, 0.2) is 10.9 Å². The topological polar surface area (TPSA) is 70.5 Å². The summed E-state index contributed by atoms with van der Waals surface area (Å²) < 4.78 is 14.5. The third-order valence-corrected chi connectivity index (χ3v) is 5.66. The zero-order chi connectivity index (χ0) is 18.3. The zero-order valence-corrected chi connectivity index (χ0v) is 14.8. The molecule has 1 aliphatic rings. The normalized spacial score (nSPS) is 17.2. The van der Waals surface area contributed by atoms with Crippen molar-refractivity contribution < 1.29 is 19.1 Å². The number of halogens is 1. The van der Waals surface area contributed by atoms with Crippen molar-refractivity contribution in [2.75, 3.05) is 4.90 Å². The van der Waals surface area contributed by atoms with Crippen molar-refractivity contribution in [3.8, 4) is 0 Å². The summed E-state index contributed by atoms with van der Waals surface area (Å²) in [6.07, 6.45) is 1.50. The Morgan fingerprint density at radius 1 is 1.15 bits per heavy atom. The van der Waals surface area contributed by atoms with Crippen molar-refractivity contribution >= 4 is 39.5 Å². The summed E-state index contributed by atoms with van der Waals surface area (Å²) in [5.74, 6) is -2.52. The zero-order valence-electron chi connectivity index (χ0n) is 13.1. The summed E-state index contributed by atoms with van der Waals surface area (Å²) in [6, 6.07) is 8.10. The first-order valence-electron chi connectivity index (χ1n) is 7.58. The molecule has 0 saturated carbocycles. The van der Waals surface area contributed by atoms with Gasteiger partial charge in [0.1, 0.15) is 11.9 Å². The van der Waals surface area contributed by atoms with Crippen molar-refractivity contribution in [1.29, 1.82) is 0 Å². The number of thiophene rings is 1. The third kappa shape index (κ3) is 2.54. The van der Waals surface area contributed by atoms with Gasteiger partial charge in [0, 0.05) is 17.1 Å². The van der Waals surface area contributed by atoms with E-state index in [4.69, 9.17) is 0 Å². The average molecular weight is 386 g/mol. The van der Waals surface area contributed by atoms with E-state index in [0.29, 0.717) is 4.88 Å². The van der Waals surface area contributed by atoms with Gasteiger partial charge in [0.2, 0.25) is 5.78 Å². The van der Waals surface area contributed by atoms with Crippen molar-refractivity contribution in [3.63, 3.8) is 0 Å². The maximum atomic E-state index is 14.5. The van der Waals surface area contributed by atoms with E-state index in [1.807, 2.05) is 0 Å². The molecule has 1 aliphatic heterocycles. The second-order valence-corrected chi connectivity index (χ2v) is 7.30. The van der Waals surface area contributed by atoms with Gasteiger partial charge in [-0.1, -0.05) is 24.3 Å². The van der Waals surface area contributed by atoms with Crippen LogP contribution in [0.2, 0.25) is 0 Å². The van der Waals surface area contributed by atoms with Crippen LogP contribution in [0.3, 0.4) is 0 Å². The lowest BCUT2D eigenvalue weighted by molar-refractivity contribution is -0.117. The molecular weight excluding hydrogens is 375 g/mol. The number of ketones is 1. The predicted molar refractivity (Wildman–Crippen MR) is 97.0 cm³/mol. The molecule has 0 spiro atoms. The van der Waals surface area contributed by atoms with E-state index in [9.17, 15) is 19.1 Å². The fourth-order valence-electron chi connectivity index (χ4n) is 2.90. The smallest absolute Gasteiger partial charge is 0.296 e. The number of hydrogen-bond donors (Lipinski definition) is 1. The van der Waals surface area contributed by atoms with Crippen LogP contribution in [0.4, 0.5) is 9.52 Å². The van der Waals surface area contributed by atoms with Gasteiger partial charge in [-0.3, -0.25) is 14.5 Å². The Morgan fingerprint density at radius 2 is 1.96 bits per heavy atom. The first-order valence-corrected chi connectivity index (χ1v) is 9.34. The van der Waals surface area contributed by atoms with E-state index in [-0.39, 0.29) is 16.3 Å². The van der Waals surface area contributed by atoms with E-state index in [2.05, 4.69) is 4.98 Å². The number of aliphatic hydroxyl groups is 1. The van der Waals surface area contributed by atoms with Crippen LogP contribution < -0.4 is 4.90 Å². The minimum absolute atomic E-state index is 0.125. The van der Waals surface area contributed by atoms with Crippen LogP contribution in [-0.2, 0) is 4.79 Å². The number of hydrogen-bond acceptors (Lipinski definition) is 6. The molecule has 1 atom stereocenters. The van der Waals surface area contributed by atoms with E-state index in [0.717, 1.165) is 0 Å². The Morgan fingerprint density at radius 3 is 2.62 bits per heavy atom. The minimum Gasteiger partial charge on any atom is -0.503 e. The lowest BCUT2D eigenvalue weighted by Crippen LogP contribution is -2.31. The number of anilines is 1. The second-order valence-electron chi connectivity index (χ2n) is 5.48. The Kier molecular flexibility index (Phi) is 4.14. The number of aromatic nitrogens is 1. The summed E-state index contributed by atoms with van der Waals surface area (Å²) in [5, 5.41) is 14.1. The van der Waals surface area contributed by atoms with Crippen LogP contribution >= 0.6 is 22.7 Å². The van der Waals surface area contributed by atoms with Crippen LogP contribution in [0, 0.1) is 5.82 Å². The van der Waals surface area contributed by atoms with Gasteiger partial charge in [-0.2, -0.15) is 0 Å². The summed E-state index contributed by atoms with van der Waals surface area (Å²) in [5.41, 5.74) is -0.0160. The number of amides is 1. The molecule has 4 rings (SSSR count). The fourth-order valence-corrected chi connectivity index (χ4v) is 4.25. The van der Waals surface area contributed by atoms with Gasteiger partial charge in [-0.25, -0.2) is 9.37 Å². The van der Waals surface area contributed by atoms with Crippen LogP contribution in [0.15, 0.2) is 64.7 Å². The molecule has 2 aromatic heterocycles. The molecular formula is C18H11FN2O3S2. The van der Waals surface area contributed by atoms with E-state index in [1.54, 1.807) is 29.0 Å². The molecule has 1 N–H and O–H groups in total. The van der Waals surface area contributed by atoms with Crippen LogP contribution in [0.5, 0.6) is 0 Å².